The van der Waals surface area contributed by atoms with Crippen LogP contribution in [-0.4, -0.2) is 27.6 Å². The average Bonchev–Trinajstić information content (AvgIpc) is 2.79. The van der Waals surface area contributed by atoms with Crippen LogP contribution in [0.15, 0.2) is 82.6 Å². The van der Waals surface area contributed by atoms with Crippen LogP contribution in [0.4, 0.5) is 11.4 Å². The van der Waals surface area contributed by atoms with Crippen molar-refractivity contribution in [2.24, 2.45) is 0 Å². The van der Waals surface area contributed by atoms with E-state index in [4.69, 9.17) is 0 Å². The summed E-state index contributed by atoms with van der Waals surface area (Å²) in [7, 11) is -2.18. The zero-order valence-corrected chi connectivity index (χ0v) is 18.8. The fraction of sp³-hybridized carbons (Fsp3) is 0.174. The Morgan fingerprint density at radius 3 is 2.20 bits per heavy atom. The van der Waals surface area contributed by atoms with Crippen molar-refractivity contribution in [2.75, 3.05) is 22.9 Å². The minimum atomic E-state index is -3.68. The number of nitrogens with one attached hydrogen (secondary N) is 1. The third kappa shape index (κ3) is 4.68. The van der Waals surface area contributed by atoms with Gasteiger partial charge >= 0.3 is 0 Å². The summed E-state index contributed by atoms with van der Waals surface area (Å²) in [4.78, 5) is 13.8. The molecular weight excluding hydrogens is 416 g/mol. The van der Waals surface area contributed by atoms with E-state index < -0.39 is 10.0 Å². The van der Waals surface area contributed by atoms with E-state index in [1.165, 1.54) is 11.4 Å². The predicted octanol–water partition coefficient (Wildman–Crippen LogP) is 5.05. The molecule has 0 radical (unpaired) electrons. The zero-order chi connectivity index (χ0) is 21.7. The standard InChI is InChI=1S/C23H24N2O3S2/c1-4-17-7-5-6-8-22(17)24-23(26)18-9-11-19(12-10-18)25(2)30(27,28)21-15-13-20(29-3)14-16-21/h5-16H,4H2,1-3H3,(H,24,26). The number of carbonyl (C=O) groups is 1. The largest absolute Gasteiger partial charge is 0.322 e. The van der Waals surface area contributed by atoms with E-state index in [9.17, 15) is 13.2 Å². The fourth-order valence-corrected chi connectivity index (χ4v) is 4.62. The average molecular weight is 441 g/mol. The summed E-state index contributed by atoms with van der Waals surface area (Å²) in [6, 6.07) is 21.0. The Labute approximate surface area is 182 Å². The summed E-state index contributed by atoms with van der Waals surface area (Å²) in [5.41, 5.74) is 2.78. The van der Waals surface area contributed by atoms with Crippen LogP contribution in [0.25, 0.3) is 0 Å². The molecule has 3 rings (SSSR count). The summed E-state index contributed by atoms with van der Waals surface area (Å²) in [6.45, 7) is 2.03. The third-order valence-corrected chi connectivity index (χ3v) is 7.40. The van der Waals surface area contributed by atoms with Gasteiger partial charge in [-0.2, -0.15) is 0 Å². The Hall–Kier alpha value is -2.77. The van der Waals surface area contributed by atoms with Crippen molar-refractivity contribution in [3.8, 4) is 0 Å². The van der Waals surface area contributed by atoms with Gasteiger partial charge in [0, 0.05) is 23.2 Å². The monoisotopic (exact) mass is 440 g/mol. The summed E-state index contributed by atoms with van der Waals surface area (Å²) in [6.07, 6.45) is 2.75. The highest BCUT2D eigenvalue weighted by Crippen LogP contribution is 2.25. The molecule has 3 aromatic carbocycles. The fourth-order valence-electron chi connectivity index (χ4n) is 3.01. The summed E-state index contributed by atoms with van der Waals surface area (Å²) >= 11 is 1.55. The van der Waals surface area contributed by atoms with E-state index in [0.29, 0.717) is 11.3 Å². The maximum Gasteiger partial charge on any atom is 0.264 e. The van der Waals surface area contributed by atoms with Crippen LogP contribution >= 0.6 is 11.8 Å². The maximum absolute atomic E-state index is 12.9. The molecule has 5 nitrogen and oxygen atoms in total. The highest BCUT2D eigenvalue weighted by atomic mass is 32.2. The first-order valence-corrected chi connectivity index (χ1v) is 12.2. The Balaban J connectivity index is 1.77. The summed E-state index contributed by atoms with van der Waals surface area (Å²) < 4.78 is 27.0. The Kier molecular flexibility index (Phi) is 6.84. The van der Waals surface area contributed by atoms with Gasteiger partial charge < -0.3 is 5.32 Å². The van der Waals surface area contributed by atoms with E-state index in [0.717, 1.165) is 22.6 Å². The SMILES string of the molecule is CCc1ccccc1NC(=O)c1ccc(N(C)S(=O)(=O)c2ccc(SC)cc2)cc1. The van der Waals surface area contributed by atoms with Gasteiger partial charge in [-0.25, -0.2) is 8.42 Å². The molecule has 7 heteroatoms. The van der Waals surface area contributed by atoms with Crippen LogP contribution in [-0.2, 0) is 16.4 Å². The van der Waals surface area contributed by atoms with Crippen molar-refractivity contribution in [3.63, 3.8) is 0 Å². The van der Waals surface area contributed by atoms with Crippen LogP contribution in [0.2, 0.25) is 0 Å². The highest BCUT2D eigenvalue weighted by Gasteiger charge is 2.21. The Morgan fingerprint density at radius 1 is 0.967 bits per heavy atom. The van der Waals surface area contributed by atoms with Gasteiger partial charge in [0.15, 0.2) is 0 Å². The third-order valence-electron chi connectivity index (χ3n) is 4.86. The first-order chi connectivity index (χ1) is 14.4. The van der Waals surface area contributed by atoms with Crippen molar-refractivity contribution >= 4 is 39.1 Å². The minimum absolute atomic E-state index is 0.223. The molecule has 1 amide bonds. The van der Waals surface area contributed by atoms with Crippen LogP contribution in [0.5, 0.6) is 0 Å². The molecule has 0 aliphatic rings. The number of anilines is 2. The number of nitrogens with zero attached hydrogens (tertiary/aromatic N) is 1. The second kappa shape index (κ2) is 9.36. The molecule has 0 aliphatic heterocycles. The predicted molar refractivity (Wildman–Crippen MR) is 124 cm³/mol. The Morgan fingerprint density at radius 2 is 1.60 bits per heavy atom. The molecule has 156 valence electrons. The van der Waals surface area contributed by atoms with Crippen LogP contribution in [0, 0.1) is 0 Å². The smallest absolute Gasteiger partial charge is 0.264 e. The van der Waals surface area contributed by atoms with Crippen LogP contribution in [0.3, 0.4) is 0 Å². The van der Waals surface area contributed by atoms with E-state index in [-0.39, 0.29) is 10.8 Å². The molecule has 1 N–H and O–H groups in total. The van der Waals surface area contributed by atoms with Gasteiger partial charge in [0.25, 0.3) is 15.9 Å². The number of amides is 1. The molecule has 30 heavy (non-hydrogen) atoms. The topological polar surface area (TPSA) is 66.5 Å². The van der Waals surface area contributed by atoms with Crippen LogP contribution in [0.1, 0.15) is 22.8 Å². The number of hydrogen-bond donors (Lipinski definition) is 1. The number of benzene rings is 3. The number of carbonyl (C=O) groups excluding carboxylic acids is 1. The molecule has 3 aromatic rings. The summed E-state index contributed by atoms with van der Waals surface area (Å²) in [5, 5.41) is 2.92. The van der Waals surface area contributed by atoms with Gasteiger partial charge in [-0.05, 0) is 72.8 Å². The van der Waals surface area contributed by atoms with Crippen molar-refractivity contribution in [1.82, 2.24) is 0 Å². The summed E-state index contributed by atoms with van der Waals surface area (Å²) in [5.74, 6) is -0.236. The second-order valence-corrected chi connectivity index (χ2v) is 9.51. The van der Waals surface area contributed by atoms with E-state index >= 15 is 0 Å². The number of thioether (sulfide) groups is 1. The molecule has 0 aromatic heterocycles. The maximum atomic E-state index is 12.9. The molecule has 0 unspecified atom stereocenters. The first kappa shape index (κ1) is 21.9. The number of aryl methyl sites for hydroxylation is 1. The van der Waals surface area contributed by atoms with Crippen LogP contribution < -0.4 is 9.62 Å². The number of hydrogen-bond acceptors (Lipinski definition) is 4. The molecule has 0 heterocycles. The van der Waals surface area contributed by atoms with Crippen molar-refractivity contribution in [1.29, 1.82) is 0 Å². The molecule has 0 bridgehead atoms. The molecule has 0 saturated carbocycles. The van der Waals surface area contributed by atoms with Gasteiger partial charge in [-0.15, -0.1) is 11.8 Å². The highest BCUT2D eigenvalue weighted by molar-refractivity contribution is 7.98. The second-order valence-electron chi connectivity index (χ2n) is 6.66. The van der Waals surface area contributed by atoms with Crippen molar-refractivity contribution < 1.29 is 13.2 Å². The van der Waals surface area contributed by atoms with E-state index in [1.54, 1.807) is 60.3 Å². The van der Waals surface area contributed by atoms with E-state index in [1.807, 2.05) is 37.4 Å². The van der Waals surface area contributed by atoms with Gasteiger partial charge in [0.05, 0.1) is 10.6 Å². The van der Waals surface area contributed by atoms with Gasteiger partial charge in [-0.3, -0.25) is 9.10 Å². The number of para-hydroxylation sites is 1. The number of rotatable bonds is 7. The molecule has 0 aliphatic carbocycles. The first-order valence-electron chi connectivity index (χ1n) is 9.49. The Bertz CT molecular complexity index is 1130. The van der Waals surface area contributed by atoms with Crippen molar-refractivity contribution in [3.05, 3.63) is 83.9 Å². The zero-order valence-electron chi connectivity index (χ0n) is 17.1. The normalized spacial score (nSPS) is 11.2. The molecule has 0 atom stereocenters. The molecule has 0 spiro atoms. The lowest BCUT2D eigenvalue weighted by molar-refractivity contribution is 0.102. The molecule has 0 saturated heterocycles. The van der Waals surface area contributed by atoms with Gasteiger partial charge in [-0.1, -0.05) is 25.1 Å². The quantitative estimate of drug-likeness (QED) is 0.522. The van der Waals surface area contributed by atoms with Gasteiger partial charge in [0.2, 0.25) is 0 Å². The lowest BCUT2D eigenvalue weighted by Crippen LogP contribution is -2.26. The van der Waals surface area contributed by atoms with Gasteiger partial charge in [0.1, 0.15) is 0 Å². The lowest BCUT2D eigenvalue weighted by Gasteiger charge is -2.20. The lowest BCUT2D eigenvalue weighted by atomic mass is 10.1. The number of sulfonamides is 1. The van der Waals surface area contributed by atoms with Crippen molar-refractivity contribution in [2.45, 2.75) is 23.1 Å². The molecule has 0 fully saturated rings. The van der Waals surface area contributed by atoms with E-state index in [2.05, 4.69) is 5.32 Å². The minimum Gasteiger partial charge on any atom is -0.322 e. The molecular formula is C23H24N2O3S2.